The molecule has 0 aliphatic heterocycles. The average Bonchev–Trinajstić information content (AvgIpc) is 2.74. The molecule has 0 amide bonds. The monoisotopic (exact) mass is 269 g/mol. The summed E-state index contributed by atoms with van der Waals surface area (Å²) in [6, 6.07) is 4.52. The largest absolute Gasteiger partial charge is 0.315 e. The van der Waals surface area contributed by atoms with Gasteiger partial charge < -0.3 is 10.2 Å². The van der Waals surface area contributed by atoms with Crippen molar-refractivity contribution in [3.63, 3.8) is 0 Å². The number of nitrogens with one attached hydrogen (secondary N) is 1. The van der Waals surface area contributed by atoms with Gasteiger partial charge in [0.1, 0.15) is 0 Å². The van der Waals surface area contributed by atoms with E-state index in [2.05, 4.69) is 48.3 Å². The summed E-state index contributed by atoms with van der Waals surface area (Å²) in [5.41, 5.74) is 0. The first-order valence-electron chi connectivity index (χ1n) is 6.75. The van der Waals surface area contributed by atoms with Gasteiger partial charge in [0.05, 0.1) is 0 Å². The van der Waals surface area contributed by atoms with Gasteiger partial charge in [-0.1, -0.05) is 6.92 Å². The molecule has 1 rings (SSSR count). The van der Waals surface area contributed by atoms with Crippen LogP contribution >= 0.6 is 11.3 Å². The fraction of sp³-hybridized carbons (Fsp3) is 0.714. The Hall–Kier alpha value is -0.420. The minimum Gasteiger partial charge on any atom is -0.315 e. The van der Waals surface area contributed by atoms with E-state index in [4.69, 9.17) is 0 Å². The van der Waals surface area contributed by atoms with Crippen LogP contribution in [0.5, 0.6) is 0 Å². The van der Waals surface area contributed by atoms with Crippen molar-refractivity contribution in [1.29, 1.82) is 0 Å². The molecule has 0 bridgehead atoms. The minimum absolute atomic E-state index is 0.982. The zero-order valence-electron chi connectivity index (χ0n) is 12.2. The molecule has 1 heterocycles. The van der Waals surface area contributed by atoms with Gasteiger partial charge in [-0.05, 0) is 46.2 Å². The topological polar surface area (TPSA) is 18.5 Å². The maximum absolute atomic E-state index is 3.21. The van der Waals surface area contributed by atoms with Crippen LogP contribution in [0.1, 0.15) is 23.1 Å². The molecule has 1 aromatic rings. The van der Waals surface area contributed by atoms with Crippen molar-refractivity contribution < 1.29 is 0 Å². The fourth-order valence-electron chi connectivity index (χ4n) is 1.92. The molecule has 1 aromatic heterocycles. The van der Waals surface area contributed by atoms with Crippen LogP contribution in [0.3, 0.4) is 0 Å². The Morgan fingerprint density at radius 1 is 1.11 bits per heavy atom. The Morgan fingerprint density at radius 2 is 1.83 bits per heavy atom. The van der Waals surface area contributed by atoms with Gasteiger partial charge in [-0.2, -0.15) is 0 Å². The summed E-state index contributed by atoms with van der Waals surface area (Å²) < 4.78 is 0. The number of thiophene rings is 1. The predicted molar refractivity (Wildman–Crippen MR) is 81.2 cm³/mol. The SMILES string of the molecule is CCCN(CCN(C)C)Cc1ccc(CNC)s1. The quantitative estimate of drug-likeness (QED) is 0.742. The van der Waals surface area contributed by atoms with Crippen molar-refractivity contribution in [2.45, 2.75) is 26.4 Å². The first-order chi connectivity index (χ1) is 8.65. The predicted octanol–water partition coefficient (Wildman–Crippen LogP) is 2.24. The van der Waals surface area contributed by atoms with Crippen LogP contribution in [0.4, 0.5) is 0 Å². The van der Waals surface area contributed by atoms with E-state index < -0.39 is 0 Å². The van der Waals surface area contributed by atoms with E-state index in [1.807, 2.05) is 18.4 Å². The third kappa shape index (κ3) is 5.96. The smallest absolute Gasteiger partial charge is 0.0328 e. The standard InChI is InChI=1S/C14H27N3S/c1-5-8-17(10-9-16(3)4)12-14-7-6-13(18-14)11-15-2/h6-7,15H,5,8-12H2,1-4H3. The Morgan fingerprint density at radius 3 is 2.44 bits per heavy atom. The van der Waals surface area contributed by atoms with Gasteiger partial charge in [0.2, 0.25) is 0 Å². The van der Waals surface area contributed by atoms with Crippen molar-refractivity contribution in [2.75, 3.05) is 40.8 Å². The van der Waals surface area contributed by atoms with E-state index in [1.165, 1.54) is 22.7 Å². The zero-order chi connectivity index (χ0) is 13.4. The van der Waals surface area contributed by atoms with Crippen molar-refractivity contribution in [3.8, 4) is 0 Å². The summed E-state index contributed by atoms with van der Waals surface area (Å²) in [6.45, 7) is 7.80. The Bertz CT molecular complexity index is 323. The van der Waals surface area contributed by atoms with Gasteiger partial charge in [0, 0.05) is 35.9 Å². The van der Waals surface area contributed by atoms with E-state index in [-0.39, 0.29) is 0 Å². The lowest BCUT2D eigenvalue weighted by molar-refractivity contribution is 0.235. The van der Waals surface area contributed by atoms with E-state index in [0.29, 0.717) is 0 Å². The van der Waals surface area contributed by atoms with Gasteiger partial charge in [0.25, 0.3) is 0 Å². The van der Waals surface area contributed by atoms with Gasteiger partial charge in [-0.25, -0.2) is 0 Å². The van der Waals surface area contributed by atoms with Crippen LogP contribution in [0.25, 0.3) is 0 Å². The molecule has 0 radical (unpaired) electrons. The highest BCUT2D eigenvalue weighted by Gasteiger charge is 2.07. The summed E-state index contributed by atoms with van der Waals surface area (Å²) in [5.74, 6) is 0. The highest BCUT2D eigenvalue weighted by atomic mass is 32.1. The molecule has 0 aromatic carbocycles. The van der Waals surface area contributed by atoms with E-state index in [9.17, 15) is 0 Å². The molecule has 1 N–H and O–H groups in total. The van der Waals surface area contributed by atoms with Crippen LogP contribution in [0, 0.1) is 0 Å². The van der Waals surface area contributed by atoms with E-state index in [1.54, 1.807) is 0 Å². The van der Waals surface area contributed by atoms with Crippen molar-refractivity contribution in [3.05, 3.63) is 21.9 Å². The van der Waals surface area contributed by atoms with Gasteiger partial charge in [-0.15, -0.1) is 11.3 Å². The second-order valence-corrected chi connectivity index (χ2v) is 6.23. The number of likely N-dealkylation sites (N-methyl/N-ethyl adjacent to an activating group) is 1. The number of hydrogen-bond donors (Lipinski definition) is 1. The van der Waals surface area contributed by atoms with Crippen molar-refractivity contribution in [2.24, 2.45) is 0 Å². The van der Waals surface area contributed by atoms with Gasteiger partial charge in [-0.3, -0.25) is 4.90 Å². The summed E-state index contributed by atoms with van der Waals surface area (Å²) >= 11 is 1.93. The molecule has 3 nitrogen and oxygen atoms in total. The van der Waals surface area contributed by atoms with Crippen LogP contribution in [-0.2, 0) is 13.1 Å². The highest BCUT2D eigenvalue weighted by Crippen LogP contribution is 2.18. The van der Waals surface area contributed by atoms with E-state index in [0.717, 1.165) is 26.2 Å². The molecule has 0 spiro atoms. The molecule has 4 heteroatoms. The molecule has 0 aliphatic carbocycles. The molecule has 104 valence electrons. The normalized spacial score (nSPS) is 11.7. The summed E-state index contributed by atoms with van der Waals surface area (Å²) in [7, 11) is 6.28. The molecule has 0 saturated heterocycles. The van der Waals surface area contributed by atoms with Crippen molar-refractivity contribution in [1.82, 2.24) is 15.1 Å². The minimum atomic E-state index is 0.982. The first kappa shape index (κ1) is 15.6. The fourth-order valence-corrected chi connectivity index (χ4v) is 3.00. The molecule has 0 fully saturated rings. The molecule has 0 unspecified atom stereocenters. The lowest BCUT2D eigenvalue weighted by atomic mass is 10.3. The number of rotatable bonds is 9. The molecular formula is C14H27N3S. The highest BCUT2D eigenvalue weighted by molar-refractivity contribution is 7.11. The molecule has 18 heavy (non-hydrogen) atoms. The van der Waals surface area contributed by atoms with Crippen molar-refractivity contribution >= 4 is 11.3 Å². The van der Waals surface area contributed by atoms with Crippen LogP contribution in [-0.4, -0.2) is 50.6 Å². The average molecular weight is 269 g/mol. The number of nitrogens with zero attached hydrogens (tertiary/aromatic N) is 2. The summed E-state index contributed by atoms with van der Waals surface area (Å²) in [6.07, 6.45) is 1.22. The van der Waals surface area contributed by atoms with Gasteiger partial charge in [0.15, 0.2) is 0 Å². The maximum Gasteiger partial charge on any atom is 0.0328 e. The third-order valence-corrected chi connectivity index (χ3v) is 3.92. The summed E-state index contributed by atoms with van der Waals surface area (Å²) in [5, 5.41) is 3.21. The lowest BCUT2D eigenvalue weighted by Gasteiger charge is -2.22. The second kappa shape index (κ2) is 8.64. The zero-order valence-corrected chi connectivity index (χ0v) is 13.0. The summed E-state index contributed by atoms with van der Waals surface area (Å²) in [4.78, 5) is 7.71. The number of hydrogen-bond acceptors (Lipinski definition) is 4. The Kier molecular flexibility index (Phi) is 7.51. The van der Waals surface area contributed by atoms with Crippen LogP contribution in [0.15, 0.2) is 12.1 Å². The Balaban J connectivity index is 2.47. The first-order valence-corrected chi connectivity index (χ1v) is 7.56. The third-order valence-electron chi connectivity index (χ3n) is 2.85. The van der Waals surface area contributed by atoms with Crippen LogP contribution < -0.4 is 5.32 Å². The second-order valence-electron chi connectivity index (χ2n) is 4.98. The van der Waals surface area contributed by atoms with Crippen LogP contribution in [0.2, 0.25) is 0 Å². The Labute approximate surface area is 116 Å². The van der Waals surface area contributed by atoms with E-state index >= 15 is 0 Å². The molecule has 0 saturated carbocycles. The molecule has 0 atom stereocenters. The maximum atomic E-state index is 3.21. The molecule has 0 aliphatic rings. The van der Waals surface area contributed by atoms with Gasteiger partial charge >= 0.3 is 0 Å². The lowest BCUT2D eigenvalue weighted by Crippen LogP contribution is -2.31. The molecular weight excluding hydrogens is 242 g/mol.